The van der Waals surface area contributed by atoms with Gasteiger partial charge >= 0.3 is 0 Å². The van der Waals surface area contributed by atoms with Crippen molar-refractivity contribution in [1.29, 1.82) is 0 Å². The highest BCUT2D eigenvalue weighted by Gasteiger charge is 2.26. The fourth-order valence-electron chi connectivity index (χ4n) is 1.69. The zero-order valence-corrected chi connectivity index (χ0v) is 13.9. The molecule has 1 N–H and O–H groups in total. The SMILES string of the molecule is Cc1cc(Br)n2nc(CN[S@+]([O-])C(C)(C)C)cc2c1. The van der Waals surface area contributed by atoms with E-state index in [2.05, 4.69) is 31.8 Å². The van der Waals surface area contributed by atoms with Gasteiger partial charge in [-0.15, -0.1) is 4.72 Å². The smallest absolute Gasteiger partial charge is 0.136 e. The molecule has 0 amide bonds. The highest BCUT2D eigenvalue weighted by molar-refractivity contribution is 9.10. The average Bonchev–Trinajstić information content (AvgIpc) is 2.67. The average molecular weight is 344 g/mol. The van der Waals surface area contributed by atoms with Gasteiger partial charge in [-0.2, -0.15) is 5.10 Å². The van der Waals surface area contributed by atoms with Gasteiger partial charge < -0.3 is 4.55 Å². The summed E-state index contributed by atoms with van der Waals surface area (Å²) in [5.74, 6) is 0. The summed E-state index contributed by atoms with van der Waals surface area (Å²) in [7, 11) is 0. The summed E-state index contributed by atoms with van der Waals surface area (Å²) in [6.45, 7) is 8.38. The van der Waals surface area contributed by atoms with Crippen molar-refractivity contribution in [3.63, 3.8) is 0 Å². The van der Waals surface area contributed by atoms with E-state index in [0.29, 0.717) is 6.54 Å². The lowest BCUT2D eigenvalue weighted by Crippen LogP contribution is -2.39. The van der Waals surface area contributed by atoms with Crippen LogP contribution in [0.25, 0.3) is 5.52 Å². The van der Waals surface area contributed by atoms with Crippen LogP contribution in [0.15, 0.2) is 22.8 Å². The third kappa shape index (κ3) is 3.51. The Bertz CT molecular complexity index is 591. The van der Waals surface area contributed by atoms with Crippen LogP contribution >= 0.6 is 15.9 Å². The lowest BCUT2D eigenvalue weighted by atomic mass is 10.2. The first kappa shape index (κ1) is 14.8. The Balaban J connectivity index is 2.16. The van der Waals surface area contributed by atoms with Crippen LogP contribution in [0.5, 0.6) is 0 Å². The van der Waals surface area contributed by atoms with Crippen LogP contribution < -0.4 is 4.72 Å². The number of nitrogens with one attached hydrogen (secondary N) is 1. The molecule has 0 aliphatic carbocycles. The molecule has 0 saturated heterocycles. The maximum atomic E-state index is 11.9. The van der Waals surface area contributed by atoms with E-state index in [-0.39, 0.29) is 4.75 Å². The number of halogens is 1. The summed E-state index contributed by atoms with van der Waals surface area (Å²) in [5, 5.41) is 4.48. The van der Waals surface area contributed by atoms with Crippen LogP contribution in [-0.4, -0.2) is 18.9 Å². The van der Waals surface area contributed by atoms with Crippen LogP contribution in [0.1, 0.15) is 32.0 Å². The van der Waals surface area contributed by atoms with Crippen molar-refractivity contribution in [3.8, 4) is 0 Å². The maximum absolute atomic E-state index is 11.9. The van der Waals surface area contributed by atoms with Gasteiger partial charge in [0, 0.05) is 11.4 Å². The molecule has 104 valence electrons. The van der Waals surface area contributed by atoms with Gasteiger partial charge in [0.15, 0.2) is 0 Å². The minimum absolute atomic E-state index is 0.268. The highest BCUT2D eigenvalue weighted by Crippen LogP contribution is 2.18. The molecule has 0 radical (unpaired) electrons. The Morgan fingerprint density at radius 3 is 2.68 bits per heavy atom. The van der Waals surface area contributed by atoms with Gasteiger partial charge in [0.05, 0.1) is 17.8 Å². The quantitative estimate of drug-likeness (QED) is 0.688. The summed E-state index contributed by atoms with van der Waals surface area (Å²) in [6, 6.07) is 6.09. The Morgan fingerprint density at radius 2 is 2.05 bits per heavy atom. The molecule has 0 unspecified atom stereocenters. The van der Waals surface area contributed by atoms with Gasteiger partial charge in [-0.3, -0.25) is 0 Å². The van der Waals surface area contributed by atoms with Crippen LogP contribution in [0.4, 0.5) is 0 Å². The number of aromatic nitrogens is 2. The molecule has 0 aromatic carbocycles. The number of rotatable bonds is 3. The third-order valence-electron chi connectivity index (χ3n) is 2.65. The first-order valence-corrected chi connectivity index (χ1v) is 8.02. The molecular formula is C13H18BrN3OS. The second-order valence-electron chi connectivity index (χ2n) is 5.53. The number of aryl methyl sites for hydroxylation is 1. The lowest BCUT2D eigenvalue weighted by Gasteiger charge is -2.23. The van der Waals surface area contributed by atoms with E-state index in [1.165, 1.54) is 5.56 Å². The molecular weight excluding hydrogens is 326 g/mol. The van der Waals surface area contributed by atoms with E-state index >= 15 is 0 Å². The predicted octanol–water partition coefficient (Wildman–Crippen LogP) is 2.96. The topological polar surface area (TPSA) is 52.4 Å². The van der Waals surface area contributed by atoms with Gasteiger partial charge in [-0.1, -0.05) is 0 Å². The van der Waals surface area contributed by atoms with E-state index in [0.717, 1.165) is 15.8 Å². The zero-order valence-electron chi connectivity index (χ0n) is 11.5. The van der Waals surface area contributed by atoms with E-state index < -0.39 is 11.4 Å². The van der Waals surface area contributed by atoms with E-state index in [1.54, 1.807) is 0 Å². The van der Waals surface area contributed by atoms with Crippen molar-refractivity contribution in [2.75, 3.05) is 0 Å². The molecule has 0 saturated carbocycles. The number of hydrogen-bond acceptors (Lipinski definition) is 3. The number of fused-ring (bicyclic) bond motifs is 1. The summed E-state index contributed by atoms with van der Waals surface area (Å²) in [5.41, 5.74) is 3.09. The molecule has 0 aliphatic rings. The minimum Gasteiger partial charge on any atom is -0.598 e. The third-order valence-corrected chi connectivity index (χ3v) is 4.74. The number of hydrogen-bond donors (Lipinski definition) is 1. The molecule has 4 nitrogen and oxygen atoms in total. The summed E-state index contributed by atoms with van der Waals surface area (Å²) in [4.78, 5) is 0. The standard InChI is InChI=1S/C13H18BrN3OS/c1-9-5-11-7-10(16-17(11)12(14)6-9)8-15-19(18)13(2,3)4/h5-7,15H,8H2,1-4H3/t19-/m1/s1. The Morgan fingerprint density at radius 1 is 1.37 bits per heavy atom. The highest BCUT2D eigenvalue weighted by atomic mass is 79.9. The summed E-state index contributed by atoms with van der Waals surface area (Å²) < 4.78 is 17.4. The van der Waals surface area contributed by atoms with Crippen LogP contribution in [0.3, 0.4) is 0 Å². The van der Waals surface area contributed by atoms with Gasteiger partial charge in [-0.05, 0) is 67.4 Å². The van der Waals surface area contributed by atoms with Crippen molar-refractivity contribution >= 4 is 32.8 Å². The monoisotopic (exact) mass is 343 g/mol. The summed E-state index contributed by atoms with van der Waals surface area (Å²) in [6.07, 6.45) is 0. The molecule has 2 aromatic heterocycles. The number of nitrogens with zero attached hydrogens (tertiary/aromatic N) is 2. The fraction of sp³-hybridized carbons (Fsp3) is 0.462. The van der Waals surface area contributed by atoms with Gasteiger partial charge in [-0.25, -0.2) is 4.52 Å². The zero-order chi connectivity index (χ0) is 14.2. The first-order chi connectivity index (χ1) is 8.77. The fourth-order valence-corrected chi connectivity index (χ4v) is 3.04. The van der Waals surface area contributed by atoms with E-state index in [4.69, 9.17) is 0 Å². The van der Waals surface area contributed by atoms with Crippen molar-refractivity contribution in [2.24, 2.45) is 0 Å². The summed E-state index contributed by atoms with van der Waals surface area (Å²) >= 11 is 2.41. The molecule has 0 fully saturated rings. The normalized spacial score (nSPS) is 14.0. The van der Waals surface area contributed by atoms with Crippen molar-refractivity contribution in [2.45, 2.75) is 39.0 Å². The van der Waals surface area contributed by atoms with Crippen molar-refractivity contribution in [1.82, 2.24) is 14.3 Å². The van der Waals surface area contributed by atoms with E-state index in [1.807, 2.05) is 44.3 Å². The molecule has 0 spiro atoms. The largest absolute Gasteiger partial charge is 0.598 e. The van der Waals surface area contributed by atoms with Crippen LogP contribution in [0, 0.1) is 6.92 Å². The Hall–Kier alpha value is -0.560. The molecule has 6 heteroatoms. The van der Waals surface area contributed by atoms with E-state index in [9.17, 15) is 4.55 Å². The maximum Gasteiger partial charge on any atom is 0.136 e. The second kappa shape index (κ2) is 5.44. The molecule has 19 heavy (non-hydrogen) atoms. The number of pyridine rings is 1. The lowest BCUT2D eigenvalue weighted by molar-refractivity contribution is 0.543. The Kier molecular flexibility index (Phi) is 4.25. The molecule has 0 bridgehead atoms. The second-order valence-corrected chi connectivity index (χ2v) is 8.39. The van der Waals surface area contributed by atoms with Gasteiger partial charge in [0.2, 0.25) is 0 Å². The first-order valence-electron chi connectivity index (χ1n) is 6.07. The van der Waals surface area contributed by atoms with Crippen LogP contribution in [-0.2, 0) is 17.9 Å². The molecule has 1 atom stereocenters. The predicted molar refractivity (Wildman–Crippen MR) is 82.4 cm³/mol. The van der Waals surface area contributed by atoms with Gasteiger partial charge in [0.25, 0.3) is 0 Å². The van der Waals surface area contributed by atoms with Gasteiger partial charge in [0.1, 0.15) is 9.35 Å². The minimum atomic E-state index is -1.08. The molecule has 0 aliphatic heterocycles. The molecule has 2 rings (SSSR count). The van der Waals surface area contributed by atoms with Crippen molar-refractivity contribution in [3.05, 3.63) is 34.1 Å². The molecule has 2 aromatic rings. The van der Waals surface area contributed by atoms with Crippen LogP contribution in [0.2, 0.25) is 0 Å². The Labute approximate surface area is 125 Å². The van der Waals surface area contributed by atoms with Crippen molar-refractivity contribution < 1.29 is 4.55 Å². The molecule has 2 heterocycles.